The van der Waals surface area contributed by atoms with Gasteiger partial charge in [0, 0.05) is 13.1 Å². The molecule has 0 saturated carbocycles. The van der Waals surface area contributed by atoms with Crippen LogP contribution in [0.2, 0.25) is 0 Å². The largest absolute Gasteiger partial charge is 0.303 e. The molecule has 3 aromatic carbocycles. The molecular weight excluding hydrogens is 484 g/mol. The minimum Gasteiger partial charge on any atom is -0.303 e. The zero-order valence-corrected chi connectivity index (χ0v) is 23.7. The fourth-order valence-corrected chi connectivity index (χ4v) is 6.26. The second-order valence-electron chi connectivity index (χ2n) is 11.0. The molecule has 0 bridgehead atoms. The fourth-order valence-electron chi connectivity index (χ4n) is 6.26. The summed E-state index contributed by atoms with van der Waals surface area (Å²) in [6, 6.07) is 29.0. The highest BCUT2D eigenvalue weighted by Gasteiger charge is 2.36. The number of likely N-dealkylation sites (tertiary alicyclic amines) is 1. The Bertz CT molecular complexity index is 1310. The van der Waals surface area contributed by atoms with Crippen molar-refractivity contribution in [3.63, 3.8) is 0 Å². The van der Waals surface area contributed by atoms with E-state index in [0.29, 0.717) is 0 Å². The average Bonchev–Trinajstić information content (AvgIpc) is 3.08. The number of fused-ring (bicyclic) bond motifs is 2. The summed E-state index contributed by atoms with van der Waals surface area (Å²) in [6.45, 7) is 9.74. The van der Waals surface area contributed by atoms with Crippen LogP contribution in [-0.4, -0.2) is 24.5 Å². The molecule has 1 saturated heterocycles. The SMILES string of the molecule is Cc1cccc(C(C#N)(CCCN2CCC(=C3c4ccccc4C=Cc4ccccc43)CC2)C(C)C)c1.Cl. The summed E-state index contributed by atoms with van der Waals surface area (Å²) < 4.78 is 0. The summed E-state index contributed by atoms with van der Waals surface area (Å²) in [5.74, 6) is 0.279. The molecule has 0 aromatic heterocycles. The van der Waals surface area contributed by atoms with E-state index in [1.54, 1.807) is 5.57 Å². The van der Waals surface area contributed by atoms with E-state index in [2.05, 4.69) is 117 Å². The Kier molecular flexibility index (Phi) is 8.93. The summed E-state index contributed by atoms with van der Waals surface area (Å²) in [7, 11) is 0. The van der Waals surface area contributed by atoms with Gasteiger partial charge in [-0.05, 0) is 78.5 Å². The lowest BCUT2D eigenvalue weighted by Gasteiger charge is -2.34. The molecule has 2 nitrogen and oxygen atoms in total. The molecule has 38 heavy (non-hydrogen) atoms. The third kappa shape index (κ3) is 5.51. The van der Waals surface area contributed by atoms with Crippen molar-refractivity contribution in [3.8, 4) is 6.07 Å². The highest BCUT2D eigenvalue weighted by atomic mass is 35.5. The van der Waals surface area contributed by atoms with Gasteiger partial charge < -0.3 is 4.90 Å². The topological polar surface area (TPSA) is 27.0 Å². The molecule has 2 aliphatic rings. The molecule has 0 spiro atoms. The average molecular weight is 523 g/mol. The second kappa shape index (κ2) is 12.2. The number of hydrogen-bond acceptors (Lipinski definition) is 2. The summed E-state index contributed by atoms with van der Waals surface area (Å²) >= 11 is 0. The van der Waals surface area contributed by atoms with Crippen LogP contribution in [0.15, 0.2) is 78.4 Å². The molecule has 1 atom stereocenters. The molecule has 5 rings (SSSR count). The molecule has 1 heterocycles. The van der Waals surface area contributed by atoms with E-state index >= 15 is 0 Å². The fraction of sp³-hybridized carbons (Fsp3) is 0.343. The monoisotopic (exact) mass is 522 g/mol. The van der Waals surface area contributed by atoms with Crippen LogP contribution in [0.25, 0.3) is 17.7 Å². The van der Waals surface area contributed by atoms with Crippen molar-refractivity contribution in [2.45, 2.75) is 51.9 Å². The minimum atomic E-state index is -0.421. The van der Waals surface area contributed by atoms with E-state index in [9.17, 15) is 5.26 Å². The lowest BCUT2D eigenvalue weighted by molar-refractivity contribution is 0.238. The number of nitriles is 1. The van der Waals surface area contributed by atoms with Gasteiger partial charge in [0.2, 0.25) is 0 Å². The van der Waals surface area contributed by atoms with Gasteiger partial charge in [0.1, 0.15) is 0 Å². The van der Waals surface area contributed by atoms with Crippen LogP contribution in [0.5, 0.6) is 0 Å². The molecule has 1 fully saturated rings. The summed E-state index contributed by atoms with van der Waals surface area (Å²) in [6.07, 6.45) is 8.68. The Morgan fingerprint density at radius 1 is 0.868 bits per heavy atom. The van der Waals surface area contributed by atoms with Crippen LogP contribution in [0.3, 0.4) is 0 Å². The molecule has 1 unspecified atom stereocenters. The quantitative estimate of drug-likeness (QED) is 0.253. The second-order valence-corrected chi connectivity index (χ2v) is 11.0. The standard InChI is InChI=1S/C35H38N2.ClH/c1-26(2)35(25-36,31-13-8-10-27(3)24-31)20-9-21-37-22-18-30(19-23-37)34-32-14-6-4-11-28(32)16-17-29-12-5-7-15-33(29)34;/h4-8,10-17,24,26H,9,18-23H2,1-3H3;1H. The summed E-state index contributed by atoms with van der Waals surface area (Å²) in [5, 5.41) is 10.3. The first-order valence-electron chi connectivity index (χ1n) is 13.8. The molecule has 3 aromatic rings. The van der Waals surface area contributed by atoms with Gasteiger partial charge >= 0.3 is 0 Å². The van der Waals surface area contributed by atoms with Crippen molar-refractivity contribution in [2.75, 3.05) is 19.6 Å². The van der Waals surface area contributed by atoms with Gasteiger partial charge in [-0.2, -0.15) is 5.26 Å². The molecule has 0 amide bonds. The van der Waals surface area contributed by atoms with Crippen LogP contribution in [0, 0.1) is 24.2 Å². The van der Waals surface area contributed by atoms with Crippen LogP contribution in [-0.2, 0) is 5.41 Å². The predicted octanol–water partition coefficient (Wildman–Crippen LogP) is 8.70. The molecule has 0 N–H and O–H groups in total. The Balaban J connectivity index is 0.00000336. The number of halogens is 1. The first-order valence-corrected chi connectivity index (χ1v) is 13.8. The molecule has 1 aliphatic heterocycles. The van der Waals surface area contributed by atoms with Gasteiger partial charge in [-0.3, -0.25) is 0 Å². The van der Waals surface area contributed by atoms with Crippen LogP contribution >= 0.6 is 12.4 Å². The summed E-state index contributed by atoms with van der Waals surface area (Å²) in [4.78, 5) is 2.61. The van der Waals surface area contributed by atoms with Crippen LogP contribution < -0.4 is 0 Å². The summed E-state index contributed by atoms with van der Waals surface area (Å²) in [5.41, 5.74) is 10.3. The van der Waals surface area contributed by atoms with Crippen molar-refractivity contribution < 1.29 is 0 Å². The van der Waals surface area contributed by atoms with Gasteiger partial charge in [0.05, 0.1) is 11.5 Å². The highest BCUT2D eigenvalue weighted by Crippen LogP contribution is 2.40. The van der Waals surface area contributed by atoms with Gasteiger partial charge in [0.15, 0.2) is 0 Å². The van der Waals surface area contributed by atoms with Gasteiger partial charge in [-0.15, -0.1) is 12.4 Å². The Labute approximate surface area is 235 Å². The molecular formula is C35H39ClN2. The minimum absolute atomic E-state index is 0. The zero-order valence-electron chi connectivity index (χ0n) is 22.9. The zero-order chi connectivity index (χ0) is 25.8. The van der Waals surface area contributed by atoms with E-state index in [4.69, 9.17) is 0 Å². The van der Waals surface area contributed by atoms with Gasteiger partial charge in [0.25, 0.3) is 0 Å². The van der Waals surface area contributed by atoms with Crippen molar-refractivity contribution in [1.82, 2.24) is 4.90 Å². The number of aryl methyl sites for hydroxylation is 1. The van der Waals surface area contributed by atoms with E-state index in [-0.39, 0.29) is 18.3 Å². The van der Waals surface area contributed by atoms with Crippen molar-refractivity contribution in [1.29, 1.82) is 5.26 Å². The molecule has 196 valence electrons. The number of nitrogens with zero attached hydrogens (tertiary/aromatic N) is 2. The molecule has 1 aliphatic carbocycles. The molecule has 0 radical (unpaired) electrons. The number of hydrogen-bond donors (Lipinski definition) is 0. The Hall–Kier alpha value is -3.12. The van der Waals surface area contributed by atoms with E-state index in [1.807, 2.05) is 0 Å². The maximum atomic E-state index is 10.3. The maximum absolute atomic E-state index is 10.3. The number of piperidine rings is 1. The normalized spacial score (nSPS) is 16.6. The van der Waals surface area contributed by atoms with E-state index in [1.165, 1.54) is 39.0 Å². The van der Waals surface area contributed by atoms with E-state index < -0.39 is 5.41 Å². The highest BCUT2D eigenvalue weighted by molar-refractivity contribution is 5.94. The Morgan fingerprint density at radius 3 is 2.03 bits per heavy atom. The smallest absolute Gasteiger partial charge is 0.0845 e. The van der Waals surface area contributed by atoms with Gasteiger partial charge in [-0.25, -0.2) is 0 Å². The number of rotatable bonds is 6. The lowest BCUT2D eigenvalue weighted by Crippen LogP contribution is -2.35. The first-order chi connectivity index (χ1) is 18.0. The molecule has 3 heteroatoms. The van der Waals surface area contributed by atoms with Crippen LogP contribution in [0.1, 0.15) is 72.9 Å². The third-order valence-electron chi connectivity index (χ3n) is 8.48. The van der Waals surface area contributed by atoms with Crippen LogP contribution in [0.4, 0.5) is 0 Å². The van der Waals surface area contributed by atoms with E-state index in [0.717, 1.165) is 45.3 Å². The predicted molar refractivity (Wildman–Crippen MR) is 163 cm³/mol. The van der Waals surface area contributed by atoms with Crippen molar-refractivity contribution in [2.24, 2.45) is 5.92 Å². The third-order valence-corrected chi connectivity index (χ3v) is 8.48. The van der Waals surface area contributed by atoms with Gasteiger partial charge in [-0.1, -0.05) is 110 Å². The number of benzene rings is 3. The first kappa shape index (κ1) is 27.9. The Morgan fingerprint density at radius 2 is 1.47 bits per heavy atom. The van der Waals surface area contributed by atoms with Crippen molar-refractivity contribution >= 4 is 30.1 Å². The maximum Gasteiger partial charge on any atom is 0.0845 e. The lowest BCUT2D eigenvalue weighted by atomic mass is 9.69. The van der Waals surface area contributed by atoms with Crippen molar-refractivity contribution in [3.05, 3.63) is 112 Å².